The van der Waals surface area contributed by atoms with Gasteiger partial charge in [-0.1, -0.05) is 30.8 Å². The number of Topliss-reactive ketones (excluding diaryl/α,β-unsaturated/α-hetero) is 1. The maximum atomic E-state index is 13.5. The van der Waals surface area contributed by atoms with Gasteiger partial charge >= 0.3 is 5.97 Å². The van der Waals surface area contributed by atoms with Crippen molar-refractivity contribution in [2.75, 3.05) is 18.2 Å². The predicted octanol–water partition coefficient (Wildman–Crippen LogP) is 2.95. The van der Waals surface area contributed by atoms with E-state index < -0.39 is 6.04 Å². The number of ketones is 1. The first-order valence-electron chi connectivity index (χ1n) is 8.91. The SMILES string of the molecule is COC(=O)CSc1nc2n(n1)[C@@H](c1ccc(F)cc1)C1=C(C[C@@H](C)CC1=O)N2. The van der Waals surface area contributed by atoms with E-state index in [2.05, 4.69) is 20.1 Å². The van der Waals surface area contributed by atoms with E-state index in [4.69, 9.17) is 0 Å². The number of methoxy groups -OCH3 is 1. The molecule has 7 nitrogen and oxygen atoms in total. The molecule has 2 aromatic rings. The molecule has 0 radical (unpaired) electrons. The summed E-state index contributed by atoms with van der Waals surface area (Å²) in [6.07, 6.45) is 1.20. The number of anilines is 1. The Labute approximate surface area is 165 Å². The van der Waals surface area contributed by atoms with Crippen molar-refractivity contribution in [3.63, 3.8) is 0 Å². The van der Waals surface area contributed by atoms with Crippen LogP contribution in [0.3, 0.4) is 0 Å². The second kappa shape index (κ2) is 7.38. The molecule has 2 aliphatic rings. The summed E-state index contributed by atoms with van der Waals surface area (Å²) in [6.45, 7) is 2.03. The zero-order valence-electron chi connectivity index (χ0n) is 15.4. The van der Waals surface area contributed by atoms with Gasteiger partial charge in [-0.2, -0.15) is 4.98 Å². The molecule has 0 saturated heterocycles. The van der Waals surface area contributed by atoms with Gasteiger partial charge in [0.25, 0.3) is 0 Å². The highest BCUT2D eigenvalue weighted by Crippen LogP contribution is 2.41. The molecule has 2 atom stereocenters. The molecule has 0 fully saturated rings. The van der Waals surface area contributed by atoms with Crippen molar-refractivity contribution in [3.8, 4) is 0 Å². The number of nitrogens with zero attached hydrogens (tertiary/aromatic N) is 3. The number of carbonyl (C=O) groups excluding carboxylic acids is 2. The van der Waals surface area contributed by atoms with Crippen molar-refractivity contribution in [1.29, 1.82) is 0 Å². The van der Waals surface area contributed by atoms with Crippen molar-refractivity contribution >= 4 is 29.5 Å². The normalized spacial score (nSPS) is 21.0. The Morgan fingerprint density at radius 2 is 2.11 bits per heavy atom. The standard InChI is InChI=1S/C19H19FN4O3S/c1-10-7-13-16(14(25)8-10)17(11-3-5-12(20)6-4-11)24-18(21-13)22-19(23-24)28-9-15(26)27-2/h3-6,10,17H,7-9H2,1-2H3,(H,21,22,23)/t10-,17+/m1/s1. The number of aromatic nitrogens is 3. The molecular formula is C19H19FN4O3S. The van der Waals surface area contributed by atoms with Crippen molar-refractivity contribution < 1.29 is 18.7 Å². The molecule has 1 N–H and O–H groups in total. The lowest BCUT2D eigenvalue weighted by Crippen LogP contribution is -2.33. The lowest BCUT2D eigenvalue weighted by molar-refractivity contribution is -0.137. The third-order valence-electron chi connectivity index (χ3n) is 4.84. The molecule has 1 aliphatic heterocycles. The van der Waals surface area contributed by atoms with E-state index in [9.17, 15) is 14.0 Å². The van der Waals surface area contributed by atoms with Crippen molar-refractivity contribution in [2.24, 2.45) is 5.92 Å². The number of fused-ring (bicyclic) bond motifs is 1. The highest BCUT2D eigenvalue weighted by Gasteiger charge is 2.38. The van der Waals surface area contributed by atoms with E-state index in [-0.39, 0.29) is 29.2 Å². The summed E-state index contributed by atoms with van der Waals surface area (Å²) in [6, 6.07) is 5.59. The summed E-state index contributed by atoms with van der Waals surface area (Å²) in [5, 5.41) is 8.14. The fourth-order valence-corrected chi connectivity index (χ4v) is 4.25. The number of hydrogen-bond donors (Lipinski definition) is 1. The lowest BCUT2D eigenvalue weighted by atomic mass is 9.81. The Morgan fingerprint density at radius 1 is 1.36 bits per heavy atom. The second-order valence-corrected chi connectivity index (χ2v) is 7.88. The summed E-state index contributed by atoms with van der Waals surface area (Å²) in [5.41, 5.74) is 2.24. The fraction of sp³-hybridized carbons (Fsp3) is 0.368. The van der Waals surface area contributed by atoms with E-state index in [1.165, 1.54) is 19.2 Å². The van der Waals surface area contributed by atoms with Crippen LogP contribution in [0.5, 0.6) is 0 Å². The van der Waals surface area contributed by atoms with E-state index in [0.717, 1.165) is 29.4 Å². The van der Waals surface area contributed by atoms with Gasteiger partial charge in [-0.25, -0.2) is 9.07 Å². The van der Waals surface area contributed by atoms with Crippen molar-refractivity contribution in [3.05, 3.63) is 46.9 Å². The van der Waals surface area contributed by atoms with Crippen LogP contribution in [0, 0.1) is 11.7 Å². The maximum Gasteiger partial charge on any atom is 0.316 e. The molecule has 1 aromatic heterocycles. The van der Waals surface area contributed by atoms with E-state index in [1.54, 1.807) is 16.8 Å². The van der Waals surface area contributed by atoms with Crippen LogP contribution >= 0.6 is 11.8 Å². The minimum absolute atomic E-state index is 0.0560. The number of ether oxygens (including phenoxy) is 1. The topological polar surface area (TPSA) is 86.1 Å². The largest absolute Gasteiger partial charge is 0.468 e. The Balaban J connectivity index is 1.76. The molecule has 0 bridgehead atoms. The van der Waals surface area contributed by atoms with Gasteiger partial charge in [0.05, 0.1) is 12.9 Å². The Kier molecular flexibility index (Phi) is 4.92. The highest BCUT2D eigenvalue weighted by atomic mass is 32.2. The number of thioether (sulfide) groups is 1. The van der Waals surface area contributed by atoms with E-state index in [0.29, 0.717) is 23.1 Å². The molecule has 1 aromatic carbocycles. The molecule has 1 aliphatic carbocycles. The molecule has 4 rings (SSSR count). The molecule has 0 saturated carbocycles. The molecule has 0 unspecified atom stereocenters. The number of benzene rings is 1. The molecular weight excluding hydrogens is 383 g/mol. The highest BCUT2D eigenvalue weighted by molar-refractivity contribution is 7.99. The molecule has 0 spiro atoms. The van der Waals surface area contributed by atoms with Gasteiger partial charge in [-0.15, -0.1) is 5.10 Å². The van der Waals surface area contributed by atoms with Gasteiger partial charge < -0.3 is 10.1 Å². The number of rotatable bonds is 4. The Bertz CT molecular complexity index is 970. The summed E-state index contributed by atoms with van der Waals surface area (Å²) in [4.78, 5) is 28.7. The number of halogens is 1. The summed E-state index contributed by atoms with van der Waals surface area (Å²) in [7, 11) is 1.32. The number of hydrogen-bond acceptors (Lipinski definition) is 7. The van der Waals surface area contributed by atoms with Crippen molar-refractivity contribution in [2.45, 2.75) is 31.0 Å². The van der Waals surface area contributed by atoms with Gasteiger partial charge in [0, 0.05) is 17.7 Å². The third-order valence-corrected chi connectivity index (χ3v) is 5.65. The maximum absolute atomic E-state index is 13.5. The first-order valence-corrected chi connectivity index (χ1v) is 9.89. The van der Waals surface area contributed by atoms with Crippen LogP contribution in [0.4, 0.5) is 10.3 Å². The van der Waals surface area contributed by atoms with Crippen LogP contribution < -0.4 is 5.32 Å². The van der Waals surface area contributed by atoms with Crippen LogP contribution in [0.2, 0.25) is 0 Å². The number of carbonyl (C=O) groups is 2. The lowest BCUT2D eigenvalue weighted by Gasteiger charge is -2.34. The third kappa shape index (κ3) is 3.42. The molecule has 2 heterocycles. The van der Waals surface area contributed by atoms with Crippen LogP contribution in [0.15, 0.2) is 40.7 Å². The first kappa shape index (κ1) is 18.7. The molecule has 9 heteroatoms. The van der Waals surface area contributed by atoms with Gasteiger partial charge in [-0.05, 0) is 30.0 Å². The van der Waals surface area contributed by atoms with Gasteiger partial charge in [0.2, 0.25) is 11.1 Å². The van der Waals surface area contributed by atoms with Gasteiger partial charge in [-0.3, -0.25) is 9.59 Å². The van der Waals surface area contributed by atoms with Gasteiger partial charge in [0.1, 0.15) is 11.9 Å². The fourth-order valence-electron chi connectivity index (χ4n) is 3.58. The molecule has 146 valence electrons. The van der Waals surface area contributed by atoms with Crippen LogP contribution in [-0.2, 0) is 14.3 Å². The summed E-state index contributed by atoms with van der Waals surface area (Å²) < 4.78 is 19.7. The first-order chi connectivity index (χ1) is 13.5. The molecule has 0 amide bonds. The number of esters is 1. The number of nitrogens with one attached hydrogen (secondary N) is 1. The minimum Gasteiger partial charge on any atom is -0.468 e. The van der Waals surface area contributed by atoms with E-state index >= 15 is 0 Å². The van der Waals surface area contributed by atoms with Crippen LogP contribution in [0.1, 0.15) is 31.4 Å². The molecule has 28 heavy (non-hydrogen) atoms. The average Bonchev–Trinajstić information content (AvgIpc) is 3.07. The van der Waals surface area contributed by atoms with Crippen LogP contribution in [-0.4, -0.2) is 39.4 Å². The zero-order chi connectivity index (χ0) is 19.8. The average molecular weight is 402 g/mol. The monoisotopic (exact) mass is 402 g/mol. The van der Waals surface area contributed by atoms with Crippen LogP contribution in [0.25, 0.3) is 0 Å². The van der Waals surface area contributed by atoms with Gasteiger partial charge in [0.15, 0.2) is 5.78 Å². The zero-order valence-corrected chi connectivity index (χ0v) is 16.3. The van der Waals surface area contributed by atoms with Crippen molar-refractivity contribution in [1.82, 2.24) is 14.8 Å². The second-order valence-electron chi connectivity index (χ2n) is 6.94. The van der Waals surface area contributed by atoms with E-state index in [1.807, 2.05) is 6.92 Å². The Hall–Kier alpha value is -2.68. The quantitative estimate of drug-likeness (QED) is 0.622. The Morgan fingerprint density at radius 3 is 2.82 bits per heavy atom. The summed E-state index contributed by atoms with van der Waals surface area (Å²) in [5.74, 6) is 0.161. The summed E-state index contributed by atoms with van der Waals surface area (Å²) >= 11 is 1.16. The smallest absolute Gasteiger partial charge is 0.316 e. The number of allylic oxidation sites excluding steroid dienone is 2. The minimum atomic E-state index is -0.480. The predicted molar refractivity (Wildman–Crippen MR) is 101 cm³/mol.